The Bertz CT molecular complexity index is 1580. The minimum Gasteiger partial charge on any atom is -0.489 e. The Hall–Kier alpha value is -3.71. The zero-order valence-electron chi connectivity index (χ0n) is 20.5. The van der Waals surface area contributed by atoms with Gasteiger partial charge in [0, 0.05) is 22.8 Å². The summed E-state index contributed by atoms with van der Waals surface area (Å²) in [6.45, 7) is 0.480. The zero-order chi connectivity index (χ0) is 26.3. The molecule has 7 heteroatoms. The van der Waals surface area contributed by atoms with Gasteiger partial charge in [0.2, 0.25) is 0 Å². The van der Waals surface area contributed by atoms with Crippen molar-refractivity contribution < 1.29 is 23.4 Å². The fourth-order valence-electron chi connectivity index (χ4n) is 4.97. The van der Waals surface area contributed by atoms with Gasteiger partial charge in [-0.05, 0) is 65.3 Å². The minimum atomic E-state index is -0.919. The van der Waals surface area contributed by atoms with E-state index in [1.807, 2.05) is 36.4 Å². The van der Waals surface area contributed by atoms with Crippen LogP contribution < -0.4 is 4.74 Å². The van der Waals surface area contributed by atoms with Crippen LogP contribution in [0.3, 0.4) is 0 Å². The Balaban J connectivity index is 1.31. The minimum absolute atomic E-state index is 0.0139. The number of carbonyl (C=O) groups is 1. The molecule has 0 amide bonds. The van der Waals surface area contributed by atoms with Gasteiger partial charge >= 0.3 is 5.97 Å². The van der Waals surface area contributed by atoms with Gasteiger partial charge in [0.15, 0.2) is 11.6 Å². The van der Waals surface area contributed by atoms with Crippen LogP contribution in [0.2, 0.25) is 0 Å². The zero-order valence-corrected chi connectivity index (χ0v) is 21.3. The lowest BCUT2D eigenvalue weighted by Gasteiger charge is -2.22. The summed E-state index contributed by atoms with van der Waals surface area (Å²) in [6.07, 6.45) is 5.89. The molecule has 0 bridgehead atoms. The summed E-state index contributed by atoms with van der Waals surface area (Å²) in [5.41, 5.74) is 5.23. The predicted octanol–water partition coefficient (Wildman–Crippen LogP) is 7.65. The number of carboxylic acids is 1. The van der Waals surface area contributed by atoms with Gasteiger partial charge < -0.3 is 9.84 Å². The number of thioether (sulfide) groups is 1. The molecule has 4 aromatic rings. The van der Waals surface area contributed by atoms with E-state index >= 15 is 0 Å². The molecular formula is C31H25F2NO3S. The predicted molar refractivity (Wildman–Crippen MR) is 146 cm³/mol. The SMILES string of the molecule is O=C(O)CC1(CSC2c3ccccc3COc3ccc(C=Cc4ccc5cc(F)c(F)cc5n4)cc32)CC1. The molecule has 1 saturated carbocycles. The number of aliphatic carboxylic acids is 1. The van der Waals surface area contributed by atoms with E-state index in [0.29, 0.717) is 23.2 Å². The van der Waals surface area contributed by atoms with Crippen molar-refractivity contribution in [3.8, 4) is 5.75 Å². The van der Waals surface area contributed by atoms with Crippen molar-refractivity contribution in [3.05, 3.63) is 106 Å². The first-order chi connectivity index (χ1) is 18.4. The van der Waals surface area contributed by atoms with Crippen LogP contribution in [0.4, 0.5) is 8.78 Å². The molecule has 0 radical (unpaired) electrons. The third kappa shape index (κ3) is 5.03. The molecule has 1 aliphatic carbocycles. The van der Waals surface area contributed by atoms with E-state index in [2.05, 4.69) is 23.2 Å². The molecule has 1 aliphatic heterocycles. The van der Waals surface area contributed by atoms with Crippen molar-refractivity contribution in [1.82, 2.24) is 4.98 Å². The summed E-state index contributed by atoms with van der Waals surface area (Å²) in [6, 6.07) is 20.1. The Morgan fingerprint density at radius 3 is 2.66 bits per heavy atom. The Morgan fingerprint density at radius 2 is 1.84 bits per heavy atom. The third-order valence-corrected chi connectivity index (χ3v) is 8.90. The highest BCUT2D eigenvalue weighted by Crippen LogP contribution is 2.55. The van der Waals surface area contributed by atoms with Gasteiger partial charge in [-0.15, -0.1) is 11.8 Å². The maximum atomic E-state index is 13.7. The van der Waals surface area contributed by atoms with E-state index in [1.165, 1.54) is 5.56 Å². The normalized spacial score (nSPS) is 17.5. The number of hydrogen-bond acceptors (Lipinski definition) is 4. The molecule has 38 heavy (non-hydrogen) atoms. The highest BCUT2D eigenvalue weighted by atomic mass is 32.2. The number of carboxylic acid groups (broad SMARTS) is 1. The number of benzene rings is 3. The summed E-state index contributed by atoms with van der Waals surface area (Å²) in [5.74, 6) is -0.956. The molecule has 2 heterocycles. The summed E-state index contributed by atoms with van der Waals surface area (Å²) in [4.78, 5) is 15.9. The van der Waals surface area contributed by atoms with Crippen molar-refractivity contribution in [3.63, 3.8) is 0 Å². The van der Waals surface area contributed by atoms with Gasteiger partial charge in [-0.25, -0.2) is 13.8 Å². The molecule has 192 valence electrons. The van der Waals surface area contributed by atoms with E-state index in [1.54, 1.807) is 23.9 Å². The molecule has 1 aromatic heterocycles. The monoisotopic (exact) mass is 529 g/mol. The first-order valence-electron chi connectivity index (χ1n) is 12.5. The molecular weight excluding hydrogens is 504 g/mol. The standard InChI is InChI=1S/C31H25F2NO3S/c32-25-14-20-7-9-22(34-27(20)15-26(25)33)8-5-19-6-10-28-24(13-19)30(23-4-2-1-3-21(23)17-37-28)38-18-31(11-12-31)16-29(35)36/h1-10,13-15,30H,11-12,16-18H2,(H,35,36). The lowest BCUT2D eigenvalue weighted by atomic mass is 9.98. The Morgan fingerprint density at radius 1 is 1.03 bits per heavy atom. The van der Waals surface area contributed by atoms with Crippen LogP contribution in [0.1, 0.15) is 52.5 Å². The van der Waals surface area contributed by atoms with Crippen LogP contribution >= 0.6 is 11.8 Å². The average molecular weight is 530 g/mol. The second kappa shape index (κ2) is 9.87. The van der Waals surface area contributed by atoms with Gasteiger partial charge in [-0.1, -0.05) is 42.5 Å². The smallest absolute Gasteiger partial charge is 0.303 e. The van der Waals surface area contributed by atoms with E-state index in [-0.39, 0.29) is 17.1 Å². The molecule has 2 aliphatic rings. The molecule has 0 spiro atoms. The summed E-state index contributed by atoms with van der Waals surface area (Å²) in [7, 11) is 0. The maximum absolute atomic E-state index is 13.7. The Labute approximate surface area is 223 Å². The maximum Gasteiger partial charge on any atom is 0.303 e. The quantitative estimate of drug-likeness (QED) is 0.266. The Kier molecular flexibility index (Phi) is 6.40. The van der Waals surface area contributed by atoms with Crippen LogP contribution in [0.15, 0.2) is 66.7 Å². The fraction of sp³-hybridized carbons (Fsp3) is 0.226. The van der Waals surface area contributed by atoms with Crippen LogP contribution in [0.25, 0.3) is 23.1 Å². The number of nitrogens with zero attached hydrogens (tertiary/aromatic N) is 1. The van der Waals surface area contributed by atoms with Gasteiger partial charge in [0.1, 0.15) is 12.4 Å². The molecule has 0 saturated heterocycles. The van der Waals surface area contributed by atoms with Crippen LogP contribution in [-0.4, -0.2) is 21.8 Å². The molecule has 1 N–H and O–H groups in total. The van der Waals surface area contributed by atoms with Crippen molar-refractivity contribution in [1.29, 1.82) is 0 Å². The molecule has 3 aromatic carbocycles. The third-order valence-electron chi connectivity index (χ3n) is 7.28. The second-order valence-electron chi connectivity index (χ2n) is 10.1. The van der Waals surface area contributed by atoms with E-state index in [4.69, 9.17) is 4.74 Å². The number of fused-ring (bicyclic) bond motifs is 3. The molecule has 4 nitrogen and oxygen atoms in total. The van der Waals surface area contributed by atoms with Crippen molar-refractivity contribution in [2.24, 2.45) is 5.41 Å². The summed E-state index contributed by atoms with van der Waals surface area (Å²) in [5, 5.41) is 9.94. The number of aromatic nitrogens is 1. The van der Waals surface area contributed by atoms with Crippen LogP contribution in [0, 0.1) is 17.0 Å². The largest absolute Gasteiger partial charge is 0.489 e. The number of rotatable bonds is 7. The second-order valence-corrected chi connectivity index (χ2v) is 11.2. The summed E-state index contributed by atoms with van der Waals surface area (Å²) < 4.78 is 33.4. The topological polar surface area (TPSA) is 59.4 Å². The summed E-state index contributed by atoms with van der Waals surface area (Å²) >= 11 is 1.79. The molecule has 6 rings (SSSR count). The first kappa shape index (κ1) is 24.6. The molecule has 1 unspecified atom stereocenters. The van der Waals surface area contributed by atoms with E-state index in [9.17, 15) is 18.7 Å². The van der Waals surface area contributed by atoms with E-state index in [0.717, 1.165) is 53.2 Å². The number of halogens is 2. The highest BCUT2D eigenvalue weighted by Gasteiger charge is 2.45. The van der Waals surface area contributed by atoms with Crippen molar-refractivity contribution >= 4 is 40.8 Å². The van der Waals surface area contributed by atoms with Crippen LogP contribution in [0.5, 0.6) is 5.75 Å². The molecule has 1 atom stereocenters. The van der Waals surface area contributed by atoms with Crippen molar-refractivity contribution in [2.75, 3.05) is 5.75 Å². The highest BCUT2D eigenvalue weighted by molar-refractivity contribution is 7.99. The van der Waals surface area contributed by atoms with E-state index < -0.39 is 17.6 Å². The number of hydrogen-bond donors (Lipinski definition) is 1. The van der Waals surface area contributed by atoms with Gasteiger partial charge in [0.05, 0.1) is 22.9 Å². The lowest BCUT2D eigenvalue weighted by molar-refractivity contribution is -0.138. The van der Waals surface area contributed by atoms with Gasteiger partial charge in [-0.2, -0.15) is 0 Å². The fourth-order valence-corrected chi connectivity index (χ4v) is 6.65. The van der Waals surface area contributed by atoms with Crippen molar-refractivity contribution in [2.45, 2.75) is 31.1 Å². The number of ether oxygens (including phenoxy) is 1. The van der Waals surface area contributed by atoms with Gasteiger partial charge in [-0.3, -0.25) is 4.79 Å². The number of pyridine rings is 1. The average Bonchev–Trinajstić information content (AvgIpc) is 3.68. The van der Waals surface area contributed by atoms with Crippen LogP contribution in [-0.2, 0) is 11.4 Å². The van der Waals surface area contributed by atoms with Gasteiger partial charge in [0.25, 0.3) is 0 Å². The lowest BCUT2D eigenvalue weighted by Crippen LogP contribution is -2.12. The molecule has 1 fully saturated rings. The first-order valence-corrected chi connectivity index (χ1v) is 13.6.